The van der Waals surface area contributed by atoms with Gasteiger partial charge in [0, 0.05) is 25.9 Å². The first-order valence-electron chi connectivity index (χ1n) is 3.67. The fourth-order valence-electron chi connectivity index (χ4n) is 1.25. The first-order valence-corrected chi connectivity index (χ1v) is 5.91. The molecule has 0 saturated heterocycles. The van der Waals surface area contributed by atoms with Crippen molar-refractivity contribution in [3.05, 3.63) is 28.1 Å². The van der Waals surface area contributed by atoms with Crippen LogP contribution in [0, 0.1) is 0 Å². The summed E-state index contributed by atoms with van der Waals surface area (Å²) in [6.07, 6.45) is 0. The van der Waals surface area contributed by atoms with E-state index in [2.05, 4.69) is 12.6 Å². The van der Waals surface area contributed by atoms with Crippen LogP contribution in [0.15, 0.2) is 22.4 Å². The van der Waals surface area contributed by atoms with Crippen molar-refractivity contribution in [2.24, 2.45) is 0 Å². The van der Waals surface area contributed by atoms with Gasteiger partial charge in [0.2, 0.25) is 0 Å². The second-order valence-electron chi connectivity index (χ2n) is 2.67. The van der Waals surface area contributed by atoms with Crippen molar-refractivity contribution in [1.82, 2.24) is 0 Å². The Morgan fingerprint density at radius 2 is 2.15 bits per heavy atom. The Morgan fingerprint density at radius 1 is 1.38 bits per heavy atom. The van der Waals surface area contributed by atoms with Crippen molar-refractivity contribution in [1.29, 1.82) is 0 Å². The molecule has 0 aliphatic carbocycles. The van der Waals surface area contributed by atoms with Crippen LogP contribution in [0.4, 0.5) is 0 Å². The molecule has 0 nitrogen and oxygen atoms in total. The van der Waals surface area contributed by atoms with E-state index in [0.29, 0.717) is 5.88 Å². The third-order valence-corrected chi connectivity index (χ3v) is 4.06. The van der Waals surface area contributed by atoms with Crippen molar-refractivity contribution in [3.8, 4) is 0 Å². The quantitative estimate of drug-likeness (QED) is 0.555. The number of alkyl halides is 1. The Labute approximate surface area is 95.9 Å². The number of benzene rings is 1. The Kier molecular flexibility index (Phi) is 2.75. The summed E-state index contributed by atoms with van der Waals surface area (Å²) in [6.45, 7) is 0. The highest BCUT2D eigenvalue weighted by Gasteiger charge is 2.08. The number of hydrogen-bond donors (Lipinski definition) is 1. The van der Waals surface area contributed by atoms with Crippen LogP contribution in [0.5, 0.6) is 0 Å². The molecule has 4 heteroatoms. The molecule has 0 radical (unpaired) electrons. The molecule has 0 aliphatic heterocycles. The zero-order valence-electron chi connectivity index (χ0n) is 6.55. The van der Waals surface area contributed by atoms with Crippen molar-refractivity contribution in [3.63, 3.8) is 0 Å². The van der Waals surface area contributed by atoms with E-state index in [4.69, 9.17) is 23.2 Å². The number of halogens is 2. The van der Waals surface area contributed by atoms with Crippen LogP contribution >= 0.6 is 47.2 Å². The van der Waals surface area contributed by atoms with E-state index in [0.717, 1.165) is 25.6 Å². The lowest BCUT2D eigenvalue weighted by molar-refractivity contribution is 1.49. The summed E-state index contributed by atoms with van der Waals surface area (Å²) in [4.78, 5) is 0.959. The molecule has 13 heavy (non-hydrogen) atoms. The first kappa shape index (κ1) is 9.66. The molecule has 2 rings (SSSR count). The maximum atomic E-state index is 6.07. The van der Waals surface area contributed by atoms with Gasteiger partial charge < -0.3 is 0 Å². The fourth-order valence-corrected chi connectivity index (χ4v) is 3.24. The minimum absolute atomic E-state index is 0.497. The third-order valence-electron chi connectivity index (χ3n) is 1.87. The predicted molar refractivity (Wildman–Crippen MR) is 63.6 cm³/mol. The smallest absolute Gasteiger partial charge is 0.0496 e. The molecule has 0 atom stereocenters. The van der Waals surface area contributed by atoms with Gasteiger partial charge in [0.05, 0.1) is 0 Å². The zero-order chi connectivity index (χ0) is 9.42. The monoisotopic (exact) mass is 248 g/mol. The number of fused-ring (bicyclic) bond motifs is 1. The predicted octanol–water partition coefficient (Wildman–Crippen LogP) is 4.58. The Hall–Kier alpha value is 0.110. The van der Waals surface area contributed by atoms with Gasteiger partial charge in [0.15, 0.2) is 0 Å². The van der Waals surface area contributed by atoms with E-state index < -0.39 is 0 Å². The highest BCUT2D eigenvalue weighted by Crippen LogP contribution is 2.36. The van der Waals surface area contributed by atoms with Gasteiger partial charge in [0.1, 0.15) is 0 Å². The molecule has 1 heterocycles. The molecule has 0 spiro atoms. The van der Waals surface area contributed by atoms with Crippen molar-refractivity contribution < 1.29 is 0 Å². The second kappa shape index (κ2) is 3.70. The van der Waals surface area contributed by atoms with E-state index in [1.807, 2.05) is 17.5 Å². The minimum Gasteiger partial charge on any atom is -0.142 e. The maximum Gasteiger partial charge on any atom is 0.0496 e. The van der Waals surface area contributed by atoms with Gasteiger partial charge in [-0.2, -0.15) is 0 Å². The van der Waals surface area contributed by atoms with Crippen LogP contribution in [0.1, 0.15) is 5.56 Å². The van der Waals surface area contributed by atoms with Crippen molar-refractivity contribution in [2.45, 2.75) is 10.8 Å². The average molecular weight is 249 g/mol. The normalized spacial score (nSPS) is 11.0. The molecule has 1 aromatic heterocycles. The highest BCUT2D eigenvalue weighted by molar-refractivity contribution is 7.80. The number of rotatable bonds is 1. The van der Waals surface area contributed by atoms with E-state index >= 15 is 0 Å². The molecule has 1 aromatic carbocycles. The summed E-state index contributed by atoms with van der Waals surface area (Å²) < 4.78 is 1.12. The Morgan fingerprint density at radius 3 is 2.85 bits per heavy atom. The molecule has 0 N–H and O–H groups in total. The van der Waals surface area contributed by atoms with E-state index in [9.17, 15) is 0 Å². The Balaban J connectivity index is 2.87. The zero-order valence-corrected chi connectivity index (χ0v) is 9.77. The molecule has 68 valence electrons. The van der Waals surface area contributed by atoms with Crippen LogP contribution in [-0.4, -0.2) is 0 Å². The molecule has 2 aromatic rings. The van der Waals surface area contributed by atoms with Crippen LogP contribution in [0.25, 0.3) is 10.1 Å². The van der Waals surface area contributed by atoms with Gasteiger partial charge in [-0.25, -0.2) is 0 Å². The number of thiol groups is 1. The standard InChI is InChI=1S/C9H6Cl2S2/c10-3-5-4-13-9-7(12)2-1-6(11)8(5)9/h1-2,4,12H,3H2. The fraction of sp³-hybridized carbons (Fsp3) is 0.111. The molecule has 0 saturated carbocycles. The first-order chi connectivity index (χ1) is 6.24. The van der Waals surface area contributed by atoms with Gasteiger partial charge >= 0.3 is 0 Å². The lowest BCUT2D eigenvalue weighted by atomic mass is 10.2. The Bertz CT molecular complexity index is 448. The summed E-state index contributed by atoms with van der Waals surface area (Å²) in [5.74, 6) is 0.497. The van der Waals surface area contributed by atoms with Crippen LogP contribution < -0.4 is 0 Å². The molecule has 0 bridgehead atoms. The summed E-state index contributed by atoms with van der Waals surface area (Å²) in [6, 6.07) is 3.76. The van der Waals surface area contributed by atoms with Gasteiger partial charge in [-0.05, 0) is 23.1 Å². The molecular formula is C9H6Cl2S2. The summed E-state index contributed by atoms with van der Waals surface area (Å²) in [5, 5.41) is 3.84. The molecule has 0 unspecified atom stereocenters. The average Bonchev–Trinajstić information content (AvgIpc) is 2.56. The van der Waals surface area contributed by atoms with Crippen LogP contribution in [-0.2, 0) is 5.88 Å². The topological polar surface area (TPSA) is 0 Å². The van der Waals surface area contributed by atoms with Gasteiger partial charge in [-0.15, -0.1) is 35.6 Å². The van der Waals surface area contributed by atoms with E-state index in [1.165, 1.54) is 0 Å². The van der Waals surface area contributed by atoms with Crippen molar-refractivity contribution >= 4 is 57.3 Å². The minimum atomic E-state index is 0.497. The maximum absolute atomic E-state index is 6.07. The van der Waals surface area contributed by atoms with E-state index in [-0.39, 0.29) is 0 Å². The number of hydrogen-bond acceptors (Lipinski definition) is 2. The van der Waals surface area contributed by atoms with Gasteiger partial charge in [-0.1, -0.05) is 11.6 Å². The molecule has 0 amide bonds. The summed E-state index contributed by atoms with van der Waals surface area (Å²) in [5.41, 5.74) is 1.09. The molecular weight excluding hydrogens is 243 g/mol. The summed E-state index contributed by atoms with van der Waals surface area (Å²) in [7, 11) is 0. The second-order valence-corrected chi connectivity index (χ2v) is 4.70. The van der Waals surface area contributed by atoms with Gasteiger partial charge in [-0.3, -0.25) is 0 Å². The number of thiophene rings is 1. The molecule has 0 aliphatic rings. The van der Waals surface area contributed by atoms with Crippen molar-refractivity contribution in [2.75, 3.05) is 0 Å². The van der Waals surface area contributed by atoms with Crippen LogP contribution in [0.2, 0.25) is 5.02 Å². The lowest BCUT2D eigenvalue weighted by Crippen LogP contribution is -1.75. The SMILES string of the molecule is Sc1ccc(Cl)c2c(CCl)csc12. The largest absolute Gasteiger partial charge is 0.142 e. The van der Waals surface area contributed by atoms with Gasteiger partial charge in [0.25, 0.3) is 0 Å². The summed E-state index contributed by atoms with van der Waals surface area (Å²) >= 11 is 17.9. The van der Waals surface area contributed by atoms with E-state index in [1.54, 1.807) is 11.3 Å². The highest BCUT2D eigenvalue weighted by atomic mass is 35.5. The molecule has 0 fully saturated rings. The third kappa shape index (κ3) is 1.57. The van der Waals surface area contributed by atoms with Crippen LogP contribution in [0.3, 0.4) is 0 Å². The lowest BCUT2D eigenvalue weighted by Gasteiger charge is -1.98.